The van der Waals surface area contributed by atoms with Gasteiger partial charge >= 0.3 is 0 Å². The van der Waals surface area contributed by atoms with Gasteiger partial charge in [0.05, 0.1) is 18.1 Å². The predicted molar refractivity (Wildman–Crippen MR) is 122 cm³/mol. The Bertz CT molecular complexity index is 1100. The summed E-state index contributed by atoms with van der Waals surface area (Å²) in [6.45, 7) is 3.78. The summed E-state index contributed by atoms with van der Waals surface area (Å²) < 4.78 is 10.9. The van der Waals surface area contributed by atoms with Gasteiger partial charge in [0.15, 0.2) is 11.5 Å². The molecule has 0 spiro atoms. The maximum absolute atomic E-state index is 12.4. The van der Waals surface area contributed by atoms with E-state index in [0.29, 0.717) is 33.2 Å². The minimum Gasteiger partial charge on any atom is -0.493 e. The van der Waals surface area contributed by atoms with Gasteiger partial charge < -0.3 is 14.8 Å². The molecule has 3 rings (SSSR count). The number of hydrazine groups is 1. The summed E-state index contributed by atoms with van der Waals surface area (Å²) >= 11 is 1.34. The van der Waals surface area contributed by atoms with Gasteiger partial charge in [-0.05, 0) is 67.8 Å². The first-order valence-corrected chi connectivity index (χ1v) is 10.7. The van der Waals surface area contributed by atoms with Crippen molar-refractivity contribution < 1.29 is 23.9 Å². The van der Waals surface area contributed by atoms with Crippen molar-refractivity contribution in [1.29, 1.82) is 0 Å². The van der Waals surface area contributed by atoms with Gasteiger partial charge in [0, 0.05) is 16.8 Å². The molecule has 1 aromatic heterocycles. The maximum atomic E-state index is 12.4. The Morgan fingerprint density at radius 2 is 1.50 bits per heavy atom. The Kier molecular flexibility index (Phi) is 7.45. The first kappa shape index (κ1) is 22.8. The Balaban J connectivity index is 1.57. The third kappa shape index (κ3) is 5.86. The van der Waals surface area contributed by atoms with E-state index in [-0.39, 0.29) is 12.0 Å². The van der Waals surface area contributed by atoms with E-state index in [2.05, 4.69) is 16.2 Å². The maximum Gasteiger partial charge on any atom is 0.269 e. The van der Waals surface area contributed by atoms with Crippen molar-refractivity contribution in [2.24, 2.45) is 0 Å². The highest BCUT2D eigenvalue weighted by molar-refractivity contribution is 7.12. The van der Waals surface area contributed by atoms with E-state index >= 15 is 0 Å². The van der Waals surface area contributed by atoms with Crippen LogP contribution < -0.4 is 25.6 Å². The van der Waals surface area contributed by atoms with E-state index in [4.69, 9.17) is 9.47 Å². The van der Waals surface area contributed by atoms with Crippen LogP contribution in [0.1, 0.15) is 44.2 Å². The number of amides is 3. The monoisotopic (exact) mass is 453 g/mol. The summed E-state index contributed by atoms with van der Waals surface area (Å²) in [6.07, 6.45) is -0.0433. The number of anilines is 1. The molecule has 0 fully saturated rings. The summed E-state index contributed by atoms with van der Waals surface area (Å²) in [5, 5.41) is 4.58. The molecule has 0 saturated carbocycles. The lowest BCUT2D eigenvalue weighted by molar-refractivity contribution is 0.0846. The van der Waals surface area contributed by atoms with Gasteiger partial charge in [0.25, 0.3) is 17.7 Å². The van der Waals surface area contributed by atoms with Gasteiger partial charge in [0.1, 0.15) is 0 Å². The van der Waals surface area contributed by atoms with E-state index < -0.39 is 11.8 Å². The molecule has 0 radical (unpaired) electrons. The second-order valence-electron chi connectivity index (χ2n) is 6.95. The molecular weight excluding hydrogens is 430 g/mol. The topological polar surface area (TPSA) is 106 Å². The second-order valence-corrected chi connectivity index (χ2v) is 7.90. The third-order valence-corrected chi connectivity index (χ3v) is 5.10. The lowest BCUT2D eigenvalue weighted by Gasteiger charge is -2.14. The molecule has 0 aliphatic rings. The van der Waals surface area contributed by atoms with E-state index in [1.807, 2.05) is 19.2 Å². The molecule has 8 nitrogen and oxygen atoms in total. The number of benzene rings is 2. The van der Waals surface area contributed by atoms with Crippen LogP contribution >= 0.6 is 11.3 Å². The second kappa shape index (κ2) is 10.5. The largest absolute Gasteiger partial charge is 0.493 e. The van der Waals surface area contributed by atoms with Crippen LogP contribution in [0.25, 0.3) is 0 Å². The number of carbonyl (C=O) groups excluding carboxylic acids is 3. The van der Waals surface area contributed by atoms with Crippen LogP contribution in [0, 0.1) is 0 Å². The molecule has 0 aliphatic heterocycles. The normalized spacial score (nSPS) is 10.4. The highest BCUT2D eigenvalue weighted by atomic mass is 32.1. The van der Waals surface area contributed by atoms with Gasteiger partial charge in [-0.2, -0.15) is 0 Å². The van der Waals surface area contributed by atoms with Crippen LogP contribution in [-0.2, 0) is 0 Å². The number of hydrogen-bond donors (Lipinski definition) is 3. The molecule has 0 atom stereocenters. The summed E-state index contributed by atoms with van der Waals surface area (Å²) in [7, 11) is 1.48. The van der Waals surface area contributed by atoms with Crippen LogP contribution in [0.3, 0.4) is 0 Å². The van der Waals surface area contributed by atoms with Gasteiger partial charge in [-0.1, -0.05) is 6.07 Å². The molecule has 9 heteroatoms. The number of thiophene rings is 1. The molecule has 0 bridgehead atoms. The zero-order valence-electron chi connectivity index (χ0n) is 17.8. The van der Waals surface area contributed by atoms with E-state index in [9.17, 15) is 14.4 Å². The Morgan fingerprint density at radius 1 is 0.844 bits per heavy atom. The van der Waals surface area contributed by atoms with Crippen LogP contribution in [-0.4, -0.2) is 30.9 Å². The SMILES string of the molecule is COc1cc(C(=O)NNC(=O)c2ccc(NC(=O)c3cccs3)cc2)ccc1OC(C)C. The number of ether oxygens (including phenoxy) is 2. The molecule has 0 saturated heterocycles. The highest BCUT2D eigenvalue weighted by Crippen LogP contribution is 2.28. The van der Waals surface area contributed by atoms with Crippen molar-refractivity contribution in [2.45, 2.75) is 20.0 Å². The summed E-state index contributed by atoms with van der Waals surface area (Å²) in [5.74, 6) is -0.286. The fourth-order valence-electron chi connectivity index (χ4n) is 2.72. The first-order valence-electron chi connectivity index (χ1n) is 9.77. The van der Waals surface area contributed by atoms with Gasteiger partial charge in [-0.15, -0.1) is 11.3 Å². The molecule has 0 aliphatic carbocycles. The van der Waals surface area contributed by atoms with Crippen molar-refractivity contribution in [3.63, 3.8) is 0 Å². The fraction of sp³-hybridized carbons (Fsp3) is 0.174. The van der Waals surface area contributed by atoms with Gasteiger partial charge in [-0.3, -0.25) is 25.2 Å². The number of carbonyl (C=O) groups is 3. The van der Waals surface area contributed by atoms with Crippen LogP contribution in [0.15, 0.2) is 60.0 Å². The van der Waals surface area contributed by atoms with Crippen molar-refractivity contribution in [3.8, 4) is 11.5 Å². The fourth-order valence-corrected chi connectivity index (χ4v) is 3.34. The van der Waals surface area contributed by atoms with Crippen LogP contribution in [0.2, 0.25) is 0 Å². The predicted octanol–water partition coefficient (Wildman–Crippen LogP) is 3.87. The molecular formula is C23H23N3O5S. The van der Waals surface area contributed by atoms with Crippen LogP contribution in [0.4, 0.5) is 5.69 Å². The van der Waals surface area contributed by atoms with E-state index in [0.717, 1.165) is 0 Å². The lowest BCUT2D eigenvalue weighted by atomic mass is 10.2. The highest BCUT2D eigenvalue weighted by Gasteiger charge is 2.14. The minimum absolute atomic E-state index is 0.0433. The van der Waals surface area contributed by atoms with E-state index in [1.54, 1.807) is 48.5 Å². The zero-order chi connectivity index (χ0) is 23.1. The first-order chi connectivity index (χ1) is 15.4. The summed E-state index contributed by atoms with van der Waals surface area (Å²) in [6, 6.07) is 14.6. The number of methoxy groups -OCH3 is 1. The Labute approximate surface area is 189 Å². The van der Waals surface area contributed by atoms with Gasteiger partial charge in [0.2, 0.25) is 0 Å². The smallest absolute Gasteiger partial charge is 0.269 e. The van der Waals surface area contributed by atoms with Crippen molar-refractivity contribution in [1.82, 2.24) is 10.9 Å². The lowest BCUT2D eigenvalue weighted by Crippen LogP contribution is -2.41. The van der Waals surface area contributed by atoms with Crippen LogP contribution in [0.5, 0.6) is 11.5 Å². The third-order valence-electron chi connectivity index (χ3n) is 4.23. The average Bonchev–Trinajstić information content (AvgIpc) is 3.33. The molecule has 3 N–H and O–H groups in total. The Hall–Kier alpha value is -3.85. The minimum atomic E-state index is -0.507. The molecule has 32 heavy (non-hydrogen) atoms. The molecule has 2 aromatic carbocycles. The Morgan fingerprint density at radius 3 is 2.09 bits per heavy atom. The van der Waals surface area contributed by atoms with E-state index in [1.165, 1.54) is 24.5 Å². The quantitative estimate of drug-likeness (QED) is 0.471. The van der Waals surface area contributed by atoms with Gasteiger partial charge in [-0.25, -0.2) is 0 Å². The van der Waals surface area contributed by atoms with Crippen molar-refractivity contribution >= 4 is 34.7 Å². The molecule has 0 unspecified atom stereocenters. The number of hydrogen-bond acceptors (Lipinski definition) is 6. The van der Waals surface area contributed by atoms with Crippen molar-refractivity contribution in [2.75, 3.05) is 12.4 Å². The number of rotatable bonds is 7. The molecule has 166 valence electrons. The average molecular weight is 454 g/mol. The molecule has 3 amide bonds. The standard InChI is InChI=1S/C23H23N3O5S/c1-14(2)31-18-11-8-16(13-19(18)30-3)22(28)26-25-21(27)15-6-9-17(10-7-15)24-23(29)20-5-4-12-32-20/h4-14H,1-3H3,(H,24,29)(H,25,27)(H,26,28). The summed E-state index contributed by atoms with van der Waals surface area (Å²) in [4.78, 5) is 37.4. The zero-order valence-corrected chi connectivity index (χ0v) is 18.6. The molecule has 1 heterocycles. The van der Waals surface area contributed by atoms with Crippen molar-refractivity contribution in [3.05, 3.63) is 76.0 Å². The number of nitrogens with one attached hydrogen (secondary N) is 3. The summed E-state index contributed by atoms with van der Waals surface area (Å²) in [5.41, 5.74) is 5.91. The molecule has 3 aromatic rings.